The molecule has 0 unspecified atom stereocenters. The van der Waals surface area contributed by atoms with Crippen molar-refractivity contribution in [3.8, 4) is 0 Å². The van der Waals surface area contributed by atoms with Gasteiger partial charge in [-0.3, -0.25) is 0 Å². The lowest BCUT2D eigenvalue weighted by atomic mass is 9.83. The topological polar surface area (TPSA) is 112 Å². The van der Waals surface area contributed by atoms with Crippen molar-refractivity contribution in [2.45, 2.75) is 0 Å². The van der Waals surface area contributed by atoms with Crippen LogP contribution in [0.5, 0.6) is 0 Å². The molecule has 6 nitrogen and oxygen atoms in total. The molecule has 0 saturated carbocycles. The highest BCUT2D eigenvalue weighted by atomic mass is 35.5. The van der Waals surface area contributed by atoms with E-state index in [0.29, 0.717) is 0 Å². The Morgan fingerprint density at radius 1 is 0.300 bits per heavy atom. The predicted molar refractivity (Wildman–Crippen MR) is 161 cm³/mol. The third-order valence-electron chi connectivity index (χ3n) is 5.18. The van der Waals surface area contributed by atoms with Crippen molar-refractivity contribution in [1.29, 1.82) is 0 Å². The maximum Gasteiger partial charge on any atom is 0.338 e. The fraction of sp³-hybridized carbons (Fsp3) is 0. The minimum Gasteiger partial charge on any atom is -0.478 e. The van der Waals surface area contributed by atoms with E-state index in [1.807, 2.05) is 0 Å². The largest absolute Gasteiger partial charge is 0.478 e. The Hall–Kier alpha value is -0.450. The summed E-state index contributed by atoms with van der Waals surface area (Å²) in [5.41, 5.74) is -3.31. The summed E-state index contributed by atoms with van der Waals surface area (Å²) in [5.74, 6) is -5.24. The lowest BCUT2D eigenvalue weighted by Crippen LogP contribution is -2.15. The Bertz CT molecular complexity index is 1390. The van der Waals surface area contributed by atoms with Gasteiger partial charge < -0.3 is 15.3 Å². The molecule has 0 heterocycles. The highest BCUT2D eigenvalue weighted by Gasteiger charge is 2.40. The Balaban J connectivity index is 2.73. The number of benzene rings is 3. The molecule has 0 aliphatic heterocycles. The molecule has 3 aromatic rings. The van der Waals surface area contributed by atoms with Crippen molar-refractivity contribution in [3.63, 3.8) is 0 Å². The van der Waals surface area contributed by atoms with Crippen LogP contribution >= 0.6 is 139 Å². The van der Waals surface area contributed by atoms with E-state index in [1.54, 1.807) is 0 Å². The fourth-order valence-electron chi connectivity index (χ4n) is 3.49. The van der Waals surface area contributed by atoms with Crippen LogP contribution in [0.15, 0.2) is 0 Å². The van der Waals surface area contributed by atoms with Gasteiger partial charge in [0.15, 0.2) is 0 Å². The van der Waals surface area contributed by atoms with Crippen molar-refractivity contribution >= 4 is 157 Å². The highest BCUT2D eigenvalue weighted by Crippen LogP contribution is 2.56. The summed E-state index contributed by atoms with van der Waals surface area (Å²) in [6, 6.07) is 0. The zero-order chi connectivity index (χ0) is 30.7. The van der Waals surface area contributed by atoms with E-state index in [9.17, 15) is 29.7 Å². The van der Waals surface area contributed by atoms with E-state index in [-0.39, 0.29) is 0 Å². The molecule has 0 fully saturated rings. The molecule has 0 atom stereocenters. The van der Waals surface area contributed by atoms with Gasteiger partial charge >= 0.3 is 17.9 Å². The average Bonchev–Trinajstić information content (AvgIpc) is 2.85. The maximum absolute atomic E-state index is 11.8. The molecule has 3 N–H and O–H groups in total. The van der Waals surface area contributed by atoms with Gasteiger partial charge in [-0.05, 0) is 0 Å². The summed E-state index contributed by atoms with van der Waals surface area (Å²) in [5, 5.41) is 21.7. The number of carboxylic acids is 3. The first-order valence-electron chi connectivity index (χ1n) is 9.55. The summed E-state index contributed by atoms with van der Waals surface area (Å²) in [7, 11) is 0. The molecule has 40 heavy (non-hydrogen) atoms. The first-order valence-corrected chi connectivity index (χ1v) is 14.1. The van der Waals surface area contributed by atoms with Crippen LogP contribution in [0.1, 0.15) is 47.8 Å². The predicted octanol–water partition coefficient (Wildman–Crippen LogP) is 11.6. The fourth-order valence-corrected chi connectivity index (χ4v) is 7.10. The van der Waals surface area contributed by atoms with Crippen molar-refractivity contribution in [1.82, 2.24) is 0 Å². The third kappa shape index (κ3) is 5.49. The highest BCUT2D eigenvalue weighted by molar-refractivity contribution is 6.54. The number of hydrogen-bond donors (Lipinski definition) is 3. The zero-order valence-electron chi connectivity index (χ0n) is 18.1. The smallest absolute Gasteiger partial charge is 0.338 e. The van der Waals surface area contributed by atoms with E-state index in [4.69, 9.17) is 139 Å². The van der Waals surface area contributed by atoms with Gasteiger partial charge in [-0.2, -0.15) is 0 Å². The van der Waals surface area contributed by atoms with E-state index in [2.05, 4.69) is 0 Å². The molecule has 0 spiro atoms. The van der Waals surface area contributed by atoms with Crippen LogP contribution in [0, 0.1) is 5.92 Å². The summed E-state index contributed by atoms with van der Waals surface area (Å²) in [6.45, 7) is 0. The molecule has 0 aromatic heterocycles. The van der Waals surface area contributed by atoms with Crippen LogP contribution < -0.4 is 0 Å². The van der Waals surface area contributed by atoms with Gasteiger partial charge in [0.25, 0.3) is 0 Å². The molecule has 18 heteroatoms. The van der Waals surface area contributed by atoms with Gasteiger partial charge in [-0.15, -0.1) is 0 Å². The van der Waals surface area contributed by atoms with E-state index in [0.717, 1.165) is 0 Å². The molecule has 0 bridgehead atoms. The first kappa shape index (κ1) is 34.0. The van der Waals surface area contributed by atoms with Crippen molar-refractivity contribution in [3.05, 3.63) is 99.6 Å². The number of carbonyl (C=O) groups is 3. The Morgan fingerprint density at radius 2 is 0.425 bits per heavy atom. The standard InChI is InChI=1S/C22H3Cl12O6/c23-8-2(9(24)15(30)5(14(8)29)20(35)36)1(3-10(25)16(31)6(21(37)38)17(32)11(3)26)4-12(27)18(33)7(22(39)40)19(34)13(4)28/h(H,35,36)(H,37,38)(H,39,40). The molecule has 1 radical (unpaired) electrons. The van der Waals surface area contributed by atoms with Gasteiger partial charge in [0.05, 0.1) is 82.9 Å². The number of rotatable bonds is 6. The van der Waals surface area contributed by atoms with Crippen LogP contribution in [0.25, 0.3) is 0 Å². The molecular weight excluding hydrogens is 786 g/mol. The Labute approximate surface area is 284 Å². The Kier molecular flexibility index (Phi) is 10.8. The van der Waals surface area contributed by atoms with E-state index >= 15 is 0 Å². The van der Waals surface area contributed by atoms with Gasteiger partial charge in [0.2, 0.25) is 0 Å². The second-order valence-corrected chi connectivity index (χ2v) is 11.8. The molecule has 211 valence electrons. The minimum atomic E-state index is -1.60. The number of halogens is 12. The SMILES string of the molecule is O=C(O)c1c(Cl)c(Cl)c([C](c2c(Cl)c(Cl)c(C(=O)O)c(Cl)c2Cl)c2c(Cl)c(Cl)c(C(=O)O)c(Cl)c2Cl)c(Cl)c1Cl. The van der Waals surface area contributed by atoms with E-state index < -0.39 is 117 Å². The second-order valence-electron chi connectivity index (χ2n) is 7.31. The maximum atomic E-state index is 11.8. The first-order chi connectivity index (χ1) is 18.4. The van der Waals surface area contributed by atoms with Crippen molar-refractivity contribution < 1.29 is 29.7 Å². The second kappa shape index (κ2) is 12.7. The van der Waals surface area contributed by atoms with Crippen LogP contribution in [-0.2, 0) is 0 Å². The van der Waals surface area contributed by atoms with Crippen LogP contribution in [0.3, 0.4) is 0 Å². The van der Waals surface area contributed by atoms with Gasteiger partial charge in [0.1, 0.15) is 0 Å². The van der Waals surface area contributed by atoms with Gasteiger partial charge in [0, 0.05) is 16.7 Å². The van der Waals surface area contributed by atoms with Crippen LogP contribution in [0.2, 0.25) is 60.3 Å². The molecule has 0 saturated heterocycles. The normalized spacial score (nSPS) is 11.3. The molecule has 0 aliphatic carbocycles. The lowest BCUT2D eigenvalue weighted by molar-refractivity contribution is 0.0686. The summed E-state index contributed by atoms with van der Waals surface area (Å²) in [6.07, 6.45) is 0. The number of aromatic carboxylic acids is 3. The van der Waals surface area contributed by atoms with Crippen molar-refractivity contribution in [2.75, 3.05) is 0 Å². The van der Waals surface area contributed by atoms with Gasteiger partial charge in [-0.1, -0.05) is 139 Å². The summed E-state index contributed by atoms with van der Waals surface area (Å²) in [4.78, 5) is 35.4. The number of hydrogen-bond acceptors (Lipinski definition) is 3. The molecule has 0 amide bonds. The molecular formula is C22H3Cl12O6. The monoisotopic (exact) mass is 783 g/mol. The van der Waals surface area contributed by atoms with Crippen LogP contribution in [-0.4, -0.2) is 33.2 Å². The third-order valence-corrected chi connectivity index (χ3v) is 10.3. The summed E-state index contributed by atoms with van der Waals surface area (Å²) >= 11 is 76.4. The minimum absolute atomic E-state index is 0.415. The molecule has 0 aliphatic rings. The molecule has 3 rings (SSSR count). The zero-order valence-corrected chi connectivity index (χ0v) is 27.2. The summed E-state index contributed by atoms with van der Waals surface area (Å²) < 4.78 is 0. The van der Waals surface area contributed by atoms with Crippen molar-refractivity contribution in [2.24, 2.45) is 0 Å². The lowest BCUT2D eigenvalue weighted by Gasteiger charge is -2.28. The molecule has 3 aromatic carbocycles. The quantitative estimate of drug-likeness (QED) is 0.169. The van der Waals surface area contributed by atoms with E-state index in [1.165, 1.54) is 0 Å². The van der Waals surface area contributed by atoms with Crippen LogP contribution in [0.4, 0.5) is 0 Å². The Morgan fingerprint density at radius 3 is 0.550 bits per heavy atom. The average molecular weight is 789 g/mol. The number of carboxylic acid groups (broad SMARTS) is 3. The van der Waals surface area contributed by atoms with Gasteiger partial charge in [-0.25, -0.2) is 14.4 Å².